The summed E-state index contributed by atoms with van der Waals surface area (Å²) in [7, 11) is 0. The van der Waals surface area contributed by atoms with Gasteiger partial charge in [0.05, 0.1) is 5.94 Å². The molecular weight excluding hydrogens is 99.1 g/mol. The van der Waals surface area contributed by atoms with Crippen LogP contribution < -0.4 is 29.6 Å². The van der Waals surface area contributed by atoms with E-state index in [0.29, 0.717) is 0 Å². The summed E-state index contributed by atoms with van der Waals surface area (Å²) in [5.74, 6) is -0.319. The van der Waals surface area contributed by atoms with Gasteiger partial charge in [-0.2, -0.15) is 0 Å². The summed E-state index contributed by atoms with van der Waals surface area (Å²) in [5, 5.41) is 7.53. The Labute approximate surface area is 57.1 Å². The Morgan fingerprint density at radius 1 is 1.80 bits per heavy atom. The van der Waals surface area contributed by atoms with Gasteiger partial charge in [0.1, 0.15) is 0 Å². The van der Waals surface area contributed by atoms with Crippen LogP contribution in [0.15, 0.2) is 0 Å². The smallest absolute Gasteiger partial charge is 0.797 e. The first kappa shape index (κ1) is 9.55. The fourth-order valence-electron chi connectivity index (χ4n) is 0. The maximum absolute atomic E-state index is 8.97. The first-order valence-corrected chi connectivity index (χ1v) is 1.68. The molecule has 2 nitrogen and oxygen atoms in total. The molecule has 0 amide bonds. The van der Waals surface area contributed by atoms with E-state index >= 15 is 0 Å². The van der Waals surface area contributed by atoms with Crippen molar-refractivity contribution in [1.82, 2.24) is 0 Å². The van der Waals surface area contributed by atoms with Crippen LogP contribution in [0.5, 0.6) is 0 Å². The van der Waals surface area contributed by atoms with Crippen LogP contribution >= 0.6 is 12.0 Å². The molecule has 0 saturated heterocycles. The van der Waals surface area contributed by atoms with Gasteiger partial charge in [0.2, 0.25) is 0 Å². The number of hydrogen-bond donors (Lipinski definition) is 1. The molecule has 0 aromatic rings. The van der Waals surface area contributed by atoms with Crippen molar-refractivity contribution < 1.29 is 39.2 Å². The van der Waals surface area contributed by atoms with Gasteiger partial charge in [-0.1, -0.05) is 0 Å². The van der Waals surface area contributed by atoms with Crippen molar-refractivity contribution in [3.05, 3.63) is 0 Å². The van der Waals surface area contributed by atoms with Crippen LogP contribution in [0.25, 0.3) is 0 Å². The van der Waals surface area contributed by atoms with E-state index in [-0.39, 0.29) is 47.5 Å². The molecule has 0 saturated carbocycles. The van der Waals surface area contributed by atoms with Crippen molar-refractivity contribution in [3.63, 3.8) is 0 Å². The maximum atomic E-state index is 8.97. The van der Waals surface area contributed by atoms with Gasteiger partial charge in [0.25, 0.3) is 0 Å². The molecule has 0 bridgehead atoms. The van der Waals surface area contributed by atoms with Gasteiger partial charge in [-0.25, -0.2) is 12.0 Å². The molecule has 0 aromatic heterocycles. The molecule has 4 heteroatoms. The summed E-state index contributed by atoms with van der Waals surface area (Å²) in [6.07, 6.45) is 0. The molecule has 0 aliphatic heterocycles. The minimum atomic E-state index is -0.319. The zero-order valence-corrected chi connectivity index (χ0v) is 5.79. The molecule has 5 heavy (non-hydrogen) atoms. The van der Waals surface area contributed by atoms with Gasteiger partial charge in [-0.3, -0.25) is 0 Å². The quantitative estimate of drug-likeness (QED) is 0.215. The van der Waals surface area contributed by atoms with Crippen LogP contribution in [0, 0.1) is 0 Å². The van der Waals surface area contributed by atoms with E-state index in [4.69, 9.17) is 9.66 Å². The van der Waals surface area contributed by atoms with Crippen molar-refractivity contribution in [2.24, 2.45) is 0 Å². The number of rotatable bonds is 1. The molecule has 0 fully saturated rings. The zero-order chi connectivity index (χ0) is 3.41. The van der Waals surface area contributed by atoms with Crippen LogP contribution in [0.3, 0.4) is 0 Å². The third-order valence-corrected chi connectivity index (χ3v) is 0.158. The normalized spacial score (nSPS) is 6.00. The predicted octanol–water partition coefficient (Wildman–Crippen LogP) is -3.20. The fourth-order valence-corrected chi connectivity index (χ4v) is 0. The molecule has 0 radical (unpaired) electrons. The van der Waals surface area contributed by atoms with E-state index in [0.717, 1.165) is 0 Å². The summed E-state index contributed by atoms with van der Waals surface area (Å²) in [6.45, 7) is 0. The van der Waals surface area contributed by atoms with E-state index in [9.17, 15) is 0 Å². The second-order valence-corrected chi connectivity index (χ2v) is 0.741. The number of hydrogen-bond acceptors (Lipinski definition) is 3. The molecule has 0 unspecified atom stereocenters. The summed E-state index contributed by atoms with van der Waals surface area (Å²) >= 11 is 0.162. The van der Waals surface area contributed by atoms with E-state index < -0.39 is 0 Å². The van der Waals surface area contributed by atoms with E-state index in [1.165, 1.54) is 0 Å². The molecule has 0 aliphatic carbocycles. The molecular formula is CH3NaO2S. The fraction of sp³-hybridized carbons (Fsp3) is 1.00. The molecule has 0 aromatic carbocycles. The monoisotopic (exact) mass is 102 g/mol. The number of aliphatic hydroxyl groups excluding tert-OH is 1. The van der Waals surface area contributed by atoms with Crippen LogP contribution in [0.4, 0.5) is 0 Å². The second kappa shape index (κ2) is 8.99. The molecule has 1 N–H and O–H groups in total. The van der Waals surface area contributed by atoms with E-state index in [1.54, 1.807) is 0 Å². The van der Waals surface area contributed by atoms with Gasteiger partial charge in [0, 0.05) is 0 Å². The summed E-state index contributed by atoms with van der Waals surface area (Å²) < 4.78 is 8.97. The van der Waals surface area contributed by atoms with Crippen molar-refractivity contribution in [2.45, 2.75) is 0 Å². The Kier molecular flexibility index (Phi) is 17.2. The predicted molar refractivity (Wildman–Crippen MR) is 15.5 cm³/mol. The zero-order valence-electron chi connectivity index (χ0n) is 2.97. The molecule has 0 aliphatic rings. The Morgan fingerprint density at radius 3 is 2.00 bits per heavy atom. The van der Waals surface area contributed by atoms with Crippen molar-refractivity contribution in [3.8, 4) is 0 Å². The SMILES string of the molecule is [Na+].[O-]SCO. The molecule has 0 rings (SSSR count). The van der Waals surface area contributed by atoms with Crippen LogP contribution in [0.1, 0.15) is 0 Å². The maximum Gasteiger partial charge on any atom is 1.00 e. The van der Waals surface area contributed by atoms with Crippen molar-refractivity contribution in [2.75, 3.05) is 5.94 Å². The summed E-state index contributed by atoms with van der Waals surface area (Å²) in [6, 6.07) is 0. The van der Waals surface area contributed by atoms with Crippen molar-refractivity contribution in [1.29, 1.82) is 0 Å². The standard InChI is InChI=1S/CH4O2S.Na/c2-1-4-3;/h2-3H,1H2;/q;+1/p-1. The van der Waals surface area contributed by atoms with Gasteiger partial charge < -0.3 is 9.66 Å². The van der Waals surface area contributed by atoms with Gasteiger partial charge in [-0.05, 0) is 0 Å². The Morgan fingerprint density at radius 2 is 2.00 bits per heavy atom. The third-order valence-electron chi connectivity index (χ3n) is 0.0527. The molecule has 0 heterocycles. The van der Waals surface area contributed by atoms with Crippen LogP contribution in [-0.4, -0.2) is 15.6 Å². The molecule has 0 spiro atoms. The van der Waals surface area contributed by atoms with Crippen LogP contribution in [-0.2, 0) is 0 Å². The number of aliphatic hydroxyl groups is 1. The average molecular weight is 102 g/mol. The average Bonchev–Trinajstić information content (AvgIpc) is 1.37. The van der Waals surface area contributed by atoms with Gasteiger partial charge in [-0.15, -0.1) is 0 Å². The van der Waals surface area contributed by atoms with Crippen molar-refractivity contribution >= 4 is 12.0 Å². The van der Waals surface area contributed by atoms with E-state index in [2.05, 4.69) is 0 Å². The first-order chi connectivity index (χ1) is 1.91. The Bertz CT molecular complexity index is 11.6. The molecule has 0 atom stereocenters. The minimum absolute atomic E-state index is 0. The Hall–Kier alpha value is 1.27. The summed E-state index contributed by atoms with van der Waals surface area (Å²) in [5.41, 5.74) is 0. The topological polar surface area (TPSA) is 43.3 Å². The van der Waals surface area contributed by atoms with Crippen LogP contribution in [0.2, 0.25) is 0 Å². The summed E-state index contributed by atoms with van der Waals surface area (Å²) in [4.78, 5) is 0. The minimum Gasteiger partial charge on any atom is -0.797 e. The van der Waals surface area contributed by atoms with E-state index in [1.807, 2.05) is 0 Å². The first-order valence-electron chi connectivity index (χ1n) is 0.772. The Balaban J connectivity index is 0. The third kappa shape index (κ3) is 10.9. The molecule has 26 valence electrons. The largest absolute Gasteiger partial charge is 1.00 e. The van der Waals surface area contributed by atoms with Gasteiger partial charge >= 0.3 is 29.6 Å². The second-order valence-electron chi connectivity index (χ2n) is 0.247. The van der Waals surface area contributed by atoms with Gasteiger partial charge in [0.15, 0.2) is 0 Å².